The Balaban J connectivity index is 2.23. The van der Waals surface area contributed by atoms with Crippen LogP contribution < -0.4 is 0 Å². The molecule has 48 valence electrons. The first-order valence-electron chi connectivity index (χ1n) is 3.02. The van der Waals surface area contributed by atoms with E-state index in [0.29, 0.717) is 12.2 Å². The number of hydrogen-bond acceptors (Lipinski definition) is 2. The fourth-order valence-corrected chi connectivity index (χ4v) is 0.875. The second-order valence-corrected chi connectivity index (χ2v) is 2.29. The monoisotopic (exact) mass is 116 g/mol. The number of hydrogen-bond donors (Lipinski definition) is 0. The maximum absolute atomic E-state index is 5.36. The van der Waals surface area contributed by atoms with Crippen LogP contribution in [0.15, 0.2) is 0 Å². The Kier molecular flexibility index (Phi) is 1.86. The van der Waals surface area contributed by atoms with Crippen molar-refractivity contribution < 1.29 is 9.47 Å². The third kappa shape index (κ3) is 1.46. The van der Waals surface area contributed by atoms with Gasteiger partial charge < -0.3 is 9.47 Å². The molecule has 0 aromatic heterocycles. The molecular weight excluding hydrogens is 104 g/mol. The van der Waals surface area contributed by atoms with Crippen LogP contribution in [0.2, 0.25) is 0 Å². The van der Waals surface area contributed by atoms with Crippen molar-refractivity contribution in [1.29, 1.82) is 0 Å². The van der Waals surface area contributed by atoms with Gasteiger partial charge in [-0.1, -0.05) is 0 Å². The lowest BCUT2D eigenvalue weighted by Gasteiger charge is -2.24. The van der Waals surface area contributed by atoms with Gasteiger partial charge in [0.1, 0.15) is 0 Å². The van der Waals surface area contributed by atoms with E-state index in [2.05, 4.69) is 0 Å². The lowest BCUT2D eigenvalue weighted by atomic mass is 10.3. The summed E-state index contributed by atoms with van der Waals surface area (Å²) < 4.78 is 10.5. The molecule has 1 fully saturated rings. The van der Waals surface area contributed by atoms with E-state index < -0.39 is 0 Å². The van der Waals surface area contributed by atoms with Crippen LogP contribution in [0.1, 0.15) is 13.8 Å². The van der Waals surface area contributed by atoms with Crippen LogP contribution in [0.4, 0.5) is 0 Å². The summed E-state index contributed by atoms with van der Waals surface area (Å²) in [5.41, 5.74) is 0. The molecule has 0 saturated carbocycles. The molecule has 1 aliphatic heterocycles. The minimum absolute atomic E-state index is 0.291. The summed E-state index contributed by atoms with van der Waals surface area (Å²) in [6.07, 6.45) is 0.581. The SMILES string of the molecule is C[C@H]1COC[C@H](C)O1. The van der Waals surface area contributed by atoms with Crippen molar-refractivity contribution in [2.75, 3.05) is 13.2 Å². The molecule has 0 aliphatic carbocycles. The molecule has 0 bridgehead atoms. The molecule has 2 heteroatoms. The van der Waals surface area contributed by atoms with Gasteiger partial charge in [0.05, 0.1) is 25.4 Å². The molecule has 0 spiro atoms. The van der Waals surface area contributed by atoms with Crippen molar-refractivity contribution in [2.45, 2.75) is 26.1 Å². The lowest BCUT2D eigenvalue weighted by Crippen LogP contribution is -2.32. The minimum atomic E-state index is 0.291. The van der Waals surface area contributed by atoms with Gasteiger partial charge in [-0.05, 0) is 13.8 Å². The average Bonchev–Trinajstić information content (AvgIpc) is 1.64. The second-order valence-electron chi connectivity index (χ2n) is 2.29. The molecule has 1 heterocycles. The van der Waals surface area contributed by atoms with Gasteiger partial charge in [-0.25, -0.2) is 0 Å². The first-order valence-corrected chi connectivity index (χ1v) is 3.02. The fraction of sp³-hybridized carbons (Fsp3) is 1.00. The van der Waals surface area contributed by atoms with Crippen molar-refractivity contribution >= 4 is 0 Å². The molecule has 0 unspecified atom stereocenters. The molecule has 2 nitrogen and oxygen atoms in total. The average molecular weight is 116 g/mol. The van der Waals surface area contributed by atoms with Gasteiger partial charge in [0.2, 0.25) is 0 Å². The Morgan fingerprint density at radius 3 is 1.88 bits per heavy atom. The van der Waals surface area contributed by atoms with Crippen molar-refractivity contribution in [2.24, 2.45) is 0 Å². The minimum Gasteiger partial charge on any atom is -0.376 e. The molecule has 1 rings (SSSR count). The molecule has 0 aromatic rings. The largest absolute Gasteiger partial charge is 0.376 e. The van der Waals surface area contributed by atoms with Crippen molar-refractivity contribution in [3.8, 4) is 0 Å². The molecule has 0 amide bonds. The highest BCUT2D eigenvalue weighted by Crippen LogP contribution is 2.05. The lowest BCUT2D eigenvalue weighted by molar-refractivity contribution is -0.122. The summed E-state index contributed by atoms with van der Waals surface area (Å²) in [7, 11) is 0. The van der Waals surface area contributed by atoms with Crippen LogP contribution in [-0.4, -0.2) is 25.4 Å². The molecule has 1 saturated heterocycles. The number of ether oxygens (including phenoxy) is 2. The van der Waals surface area contributed by atoms with E-state index in [1.54, 1.807) is 0 Å². The van der Waals surface area contributed by atoms with E-state index in [9.17, 15) is 0 Å². The van der Waals surface area contributed by atoms with E-state index in [1.807, 2.05) is 13.8 Å². The van der Waals surface area contributed by atoms with E-state index in [0.717, 1.165) is 13.2 Å². The standard InChI is InChI=1S/C6H12O2/c1-5-3-7-4-6(2)8-5/h5-6H,3-4H2,1-2H3/t5-,6-/m0/s1. The normalized spacial score (nSPS) is 39.8. The van der Waals surface area contributed by atoms with Gasteiger partial charge in [0, 0.05) is 0 Å². The van der Waals surface area contributed by atoms with Crippen LogP contribution in [0.3, 0.4) is 0 Å². The topological polar surface area (TPSA) is 18.5 Å². The Morgan fingerprint density at radius 1 is 1.12 bits per heavy atom. The van der Waals surface area contributed by atoms with Gasteiger partial charge in [-0.2, -0.15) is 0 Å². The Morgan fingerprint density at radius 2 is 1.62 bits per heavy atom. The highest BCUT2D eigenvalue weighted by molar-refractivity contribution is 4.59. The Bertz CT molecular complexity index is 64.9. The zero-order valence-electron chi connectivity index (χ0n) is 5.39. The zero-order chi connectivity index (χ0) is 5.98. The third-order valence-corrected chi connectivity index (χ3v) is 1.17. The highest BCUT2D eigenvalue weighted by atomic mass is 16.6. The zero-order valence-corrected chi connectivity index (χ0v) is 5.39. The summed E-state index contributed by atoms with van der Waals surface area (Å²) in [4.78, 5) is 0. The van der Waals surface area contributed by atoms with Crippen molar-refractivity contribution in [1.82, 2.24) is 0 Å². The predicted octanol–water partition coefficient (Wildman–Crippen LogP) is 0.810. The van der Waals surface area contributed by atoms with E-state index >= 15 is 0 Å². The van der Waals surface area contributed by atoms with Gasteiger partial charge in [-0.3, -0.25) is 0 Å². The summed E-state index contributed by atoms with van der Waals surface area (Å²) in [5, 5.41) is 0. The van der Waals surface area contributed by atoms with Crippen LogP contribution in [-0.2, 0) is 9.47 Å². The Hall–Kier alpha value is -0.0800. The van der Waals surface area contributed by atoms with Crippen LogP contribution >= 0.6 is 0 Å². The number of rotatable bonds is 0. The first kappa shape index (κ1) is 6.05. The van der Waals surface area contributed by atoms with Crippen LogP contribution in [0.25, 0.3) is 0 Å². The predicted molar refractivity (Wildman–Crippen MR) is 30.8 cm³/mol. The molecule has 8 heavy (non-hydrogen) atoms. The molecular formula is C6H12O2. The van der Waals surface area contributed by atoms with Crippen LogP contribution in [0, 0.1) is 0 Å². The summed E-state index contributed by atoms with van der Waals surface area (Å²) in [6, 6.07) is 0. The van der Waals surface area contributed by atoms with Gasteiger partial charge in [-0.15, -0.1) is 0 Å². The molecule has 1 aliphatic rings. The van der Waals surface area contributed by atoms with Crippen molar-refractivity contribution in [3.05, 3.63) is 0 Å². The van der Waals surface area contributed by atoms with Crippen molar-refractivity contribution in [3.63, 3.8) is 0 Å². The third-order valence-electron chi connectivity index (χ3n) is 1.17. The second kappa shape index (κ2) is 2.46. The highest BCUT2D eigenvalue weighted by Gasteiger charge is 2.14. The Labute approximate surface area is 49.8 Å². The van der Waals surface area contributed by atoms with E-state index in [-0.39, 0.29) is 0 Å². The van der Waals surface area contributed by atoms with Gasteiger partial charge in [0.25, 0.3) is 0 Å². The summed E-state index contributed by atoms with van der Waals surface area (Å²) in [5.74, 6) is 0. The molecule has 0 aromatic carbocycles. The first-order chi connectivity index (χ1) is 3.79. The van der Waals surface area contributed by atoms with Crippen LogP contribution in [0.5, 0.6) is 0 Å². The molecule has 0 radical (unpaired) electrons. The van der Waals surface area contributed by atoms with Gasteiger partial charge >= 0.3 is 0 Å². The van der Waals surface area contributed by atoms with E-state index in [1.165, 1.54) is 0 Å². The quantitative estimate of drug-likeness (QED) is 0.466. The summed E-state index contributed by atoms with van der Waals surface area (Å²) >= 11 is 0. The fourth-order valence-electron chi connectivity index (χ4n) is 0.875. The molecule has 2 atom stereocenters. The maximum Gasteiger partial charge on any atom is 0.0785 e. The summed E-state index contributed by atoms with van der Waals surface area (Å²) in [6.45, 7) is 5.56. The molecule has 0 N–H and O–H groups in total. The smallest absolute Gasteiger partial charge is 0.0785 e. The maximum atomic E-state index is 5.36. The van der Waals surface area contributed by atoms with Gasteiger partial charge in [0.15, 0.2) is 0 Å². The van der Waals surface area contributed by atoms with E-state index in [4.69, 9.17) is 9.47 Å².